The van der Waals surface area contributed by atoms with Gasteiger partial charge in [0.2, 0.25) is 15.9 Å². The van der Waals surface area contributed by atoms with E-state index in [-0.39, 0.29) is 23.8 Å². The Morgan fingerprint density at radius 1 is 1.10 bits per heavy atom. The van der Waals surface area contributed by atoms with Crippen LogP contribution in [0.15, 0.2) is 47.4 Å². The van der Waals surface area contributed by atoms with E-state index in [0.717, 1.165) is 21.9 Å². The minimum atomic E-state index is -3.97. The normalized spacial score (nSPS) is 22.5. The zero-order valence-corrected chi connectivity index (χ0v) is 17.5. The van der Waals surface area contributed by atoms with Gasteiger partial charge in [-0.3, -0.25) is 4.79 Å². The number of sulfonamides is 1. The molecule has 5 nitrogen and oxygen atoms in total. The summed E-state index contributed by atoms with van der Waals surface area (Å²) in [5, 5.41) is 0. The summed E-state index contributed by atoms with van der Waals surface area (Å²) in [5.41, 5.74) is 3.81. The topological polar surface area (TPSA) is 57.7 Å². The fourth-order valence-electron chi connectivity index (χ4n) is 4.36. The maximum Gasteiger partial charge on any atom is 0.244 e. The van der Waals surface area contributed by atoms with Gasteiger partial charge >= 0.3 is 0 Å². The molecule has 154 valence electrons. The molecule has 0 aliphatic carbocycles. The number of nitrogens with zero attached hydrogens (tertiary/aromatic N) is 2. The van der Waals surface area contributed by atoms with E-state index in [1.165, 1.54) is 5.56 Å². The van der Waals surface area contributed by atoms with E-state index < -0.39 is 22.2 Å². The first-order valence-corrected chi connectivity index (χ1v) is 11.3. The fourth-order valence-corrected chi connectivity index (χ4v) is 6.18. The van der Waals surface area contributed by atoms with Crippen molar-refractivity contribution < 1.29 is 17.6 Å². The highest BCUT2D eigenvalue weighted by Crippen LogP contribution is 2.31. The lowest BCUT2D eigenvalue weighted by Crippen LogP contribution is -2.49. The molecule has 0 aromatic heterocycles. The number of carbonyl (C=O) groups excluding carboxylic acids is 1. The monoisotopic (exact) mass is 416 g/mol. The van der Waals surface area contributed by atoms with Gasteiger partial charge < -0.3 is 4.90 Å². The number of amides is 1. The van der Waals surface area contributed by atoms with Crippen molar-refractivity contribution in [2.45, 2.75) is 50.3 Å². The minimum Gasteiger partial charge on any atom is -0.337 e. The Balaban J connectivity index is 1.62. The Kier molecular flexibility index (Phi) is 5.21. The lowest BCUT2D eigenvalue weighted by molar-refractivity contribution is -0.135. The number of fused-ring (bicyclic) bond motifs is 1. The van der Waals surface area contributed by atoms with Crippen LogP contribution in [0.25, 0.3) is 0 Å². The van der Waals surface area contributed by atoms with Crippen LogP contribution in [-0.2, 0) is 27.8 Å². The zero-order chi connectivity index (χ0) is 20.8. The maximum atomic E-state index is 14.3. The predicted octanol–water partition coefficient (Wildman–Crippen LogP) is 2.99. The molecule has 0 bridgehead atoms. The molecule has 0 spiro atoms. The molecule has 2 aliphatic heterocycles. The van der Waals surface area contributed by atoms with Gasteiger partial charge in [-0.2, -0.15) is 4.31 Å². The second-order valence-electron chi connectivity index (χ2n) is 7.97. The van der Waals surface area contributed by atoms with E-state index in [1.807, 2.05) is 31.2 Å². The average molecular weight is 417 g/mol. The number of carbonyl (C=O) groups is 1. The zero-order valence-electron chi connectivity index (χ0n) is 16.6. The van der Waals surface area contributed by atoms with E-state index in [4.69, 9.17) is 0 Å². The Hall–Kier alpha value is -2.25. The van der Waals surface area contributed by atoms with E-state index in [9.17, 15) is 17.6 Å². The van der Waals surface area contributed by atoms with Crippen molar-refractivity contribution in [3.8, 4) is 0 Å². The smallest absolute Gasteiger partial charge is 0.244 e. The molecule has 2 aliphatic rings. The van der Waals surface area contributed by atoms with Gasteiger partial charge in [-0.15, -0.1) is 0 Å². The Morgan fingerprint density at radius 2 is 1.83 bits per heavy atom. The molecule has 2 aromatic carbocycles. The van der Waals surface area contributed by atoms with Crippen LogP contribution in [0, 0.1) is 13.8 Å². The minimum absolute atomic E-state index is 0.0961. The fraction of sp³-hybridized carbons (Fsp3) is 0.409. The lowest BCUT2D eigenvalue weighted by atomic mass is 9.99. The number of halogens is 1. The van der Waals surface area contributed by atoms with Gasteiger partial charge in [-0.25, -0.2) is 12.8 Å². The summed E-state index contributed by atoms with van der Waals surface area (Å²) in [6, 6.07) is 12.0. The molecule has 0 radical (unpaired) electrons. The van der Waals surface area contributed by atoms with Crippen LogP contribution < -0.4 is 0 Å². The summed E-state index contributed by atoms with van der Waals surface area (Å²) in [4.78, 5) is 15.0. The van der Waals surface area contributed by atoms with Crippen LogP contribution in [0.3, 0.4) is 0 Å². The van der Waals surface area contributed by atoms with Crippen LogP contribution in [0.1, 0.15) is 28.7 Å². The summed E-state index contributed by atoms with van der Waals surface area (Å²) in [6.07, 6.45) is -0.722. The molecule has 7 heteroatoms. The average Bonchev–Trinajstić information content (AvgIpc) is 3.09. The molecule has 2 aromatic rings. The van der Waals surface area contributed by atoms with Crippen LogP contribution >= 0.6 is 0 Å². The molecule has 2 heterocycles. The van der Waals surface area contributed by atoms with Crippen LogP contribution in [0.2, 0.25) is 0 Å². The number of hydrogen-bond donors (Lipinski definition) is 0. The van der Waals surface area contributed by atoms with Crippen LogP contribution in [0.4, 0.5) is 4.39 Å². The molecule has 1 amide bonds. The second kappa shape index (κ2) is 7.54. The van der Waals surface area contributed by atoms with Crippen LogP contribution in [0.5, 0.6) is 0 Å². The second-order valence-corrected chi connectivity index (χ2v) is 9.83. The highest BCUT2D eigenvalue weighted by Gasteiger charge is 2.46. The molecule has 1 saturated heterocycles. The van der Waals surface area contributed by atoms with Crippen molar-refractivity contribution in [1.29, 1.82) is 0 Å². The van der Waals surface area contributed by atoms with Crippen molar-refractivity contribution in [3.63, 3.8) is 0 Å². The van der Waals surface area contributed by atoms with E-state index >= 15 is 0 Å². The summed E-state index contributed by atoms with van der Waals surface area (Å²) in [7, 11) is -3.97. The SMILES string of the molecule is Cc1ccc(S(=O)(=O)N2C[C@@H](F)C[C@H]2C(=O)N2CCc3ccccc3C2)c(C)c1. The van der Waals surface area contributed by atoms with E-state index in [1.54, 1.807) is 30.0 Å². The van der Waals surface area contributed by atoms with Crippen LogP contribution in [-0.4, -0.2) is 48.8 Å². The van der Waals surface area contributed by atoms with Crippen molar-refractivity contribution in [3.05, 3.63) is 64.7 Å². The first kappa shape index (κ1) is 20.0. The number of benzene rings is 2. The highest BCUT2D eigenvalue weighted by molar-refractivity contribution is 7.89. The molecular weight excluding hydrogens is 391 g/mol. The Morgan fingerprint density at radius 3 is 2.55 bits per heavy atom. The third kappa shape index (κ3) is 3.69. The summed E-state index contributed by atoms with van der Waals surface area (Å²) < 4.78 is 42.0. The molecule has 0 unspecified atom stereocenters. The quantitative estimate of drug-likeness (QED) is 0.773. The molecule has 1 fully saturated rings. The number of aryl methyl sites for hydroxylation is 2. The maximum absolute atomic E-state index is 14.3. The van der Waals surface area contributed by atoms with Gasteiger partial charge in [-0.1, -0.05) is 42.0 Å². The van der Waals surface area contributed by atoms with E-state index in [0.29, 0.717) is 18.7 Å². The summed E-state index contributed by atoms with van der Waals surface area (Å²) in [6.45, 7) is 4.27. The predicted molar refractivity (Wildman–Crippen MR) is 109 cm³/mol. The molecule has 0 N–H and O–H groups in total. The Bertz CT molecular complexity index is 1050. The summed E-state index contributed by atoms with van der Waals surface area (Å²) in [5.74, 6) is -0.312. The van der Waals surface area contributed by atoms with Gasteiger partial charge in [-0.05, 0) is 43.0 Å². The highest BCUT2D eigenvalue weighted by atomic mass is 32.2. The van der Waals surface area contributed by atoms with Crippen molar-refractivity contribution in [2.24, 2.45) is 0 Å². The number of alkyl halides is 1. The molecule has 29 heavy (non-hydrogen) atoms. The van der Waals surface area contributed by atoms with Gasteiger partial charge in [0.15, 0.2) is 0 Å². The van der Waals surface area contributed by atoms with Crippen molar-refractivity contribution in [2.75, 3.05) is 13.1 Å². The van der Waals surface area contributed by atoms with Crippen molar-refractivity contribution in [1.82, 2.24) is 9.21 Å². The van der Waals surface area contributed by atoms with Gasteiger partial charge in [0.05, 0.1) is 4.90 Å². The number of hydrogen-bond acceptors (Lipinski definition) is 3. The number of rotatable bonds is 3. The Labute approximate surface area is 171 Å². The third-order valence-corrected chi connectivity index (χ3v) is 7.88. The lowest BCUT2D eigenvalue weighted by Gasteiger charge is -2.33. The van der Waals surface area contributed by atoms with Gasteiger partial charge in [0.25, 0.3) is 0 Å². The van der Waals surface area contributed by atoms with Gasteiger partial charge in [0.1, 0.15) is 12.2 Å². The molecule has 4 rings (SSSR count). The first-order valence-electron chi connectivity index (χ1n) is 9.86. The molecular formula is C22H25FN2O3S. The van der Waals surface area contributed by atoms with Gasteiger partial charge in [0, 0.05) is 26.1 Å². The standard InChI is InChI=1S/C22H25FN2O3S/c1-15-7-8-21(16(2)11-15)29(27,28)25-14-19(23)12-20(25)22(26)24-10-9-17-5-3-4-6-18(17)13-24/h3-8,11,19-20H,9-10,12-14H2,1-2H3/t19-,20-/m0/s1. The first-order chi connectivity index (χ1) is 13.8. The van der Waals surface area contributed by atoms with Crippen molar-refractivity contribution >= 4 is 15.9 Å². The largest absolute Gasteiger partial charge is 0.337 e. The van der Waals surface area contributed by atoms with E-state index in [2.05, 4.69) is 0 Å². The molecule has 0 saturated carbocycles. The third-order valence-electron chi connectivity index (χ3n) is 5.85. The molecule has 2 atom stereocenters. The summed E-state index contributed by atoms with van der Waals surface area (Å²) >= 11 is 0.